The number of carbonyl (C=O) groups excluding carboxylic acids is 1. The van der Waals surface area contributed by atoms with E-state index in [-0.39, 0.29) is 12.6 Å². The molecule has 2 aromatic carbocycles. The highest BCUT2D eigenvalue weighted by atomic mass is 16.5. The van der Waals surface area contributed by atoms with Crippen LogP contribution in [-0.2, 0) is 9.53 Å². The number of aryl methyl sites for hydroxylation is 2. The number of amides is 1. The molecule has 0 aliphatic carbocycles. The number of anilines is 1. The minimum absolute atomic E-state index is 0.124. The number of hydrogen-bond donors (Lipinski definition) is 2. The first-order chi connectivity index (χ1) is 16.9. The summed E-state index contributed by atoms with van der Waals surface area (Å²) in [4.78, 5) is 23.5. The monoisotopic (exact) mass is 482 g/mol. The first-order valence-corrected chi connectivity index (χ1v) is 11.3. The average molecular weight is 483 g/mol. The van der Waals surface area contributed by atoms with E-state index in [1.807, 2.05) is 38.1 Å². The summed E-state index contributed by atoms with van der Waals surface area (Å²) in [5.74, 6) is 2.54. The lowest BCUT2D eigenvalue weighted by Crippen LogP contribution is -2.44. The van der Waals surface area contributed by atoms with Crippen molar-refractivity contribution in [2.75, 3.05) is 45.5 Å². The molecule has 4 rings (SSSR count). The second kappa shape index (κ2) is 10.3. The lowest BCUT2D eigenvalue weighted by atomic mass is 10.0. The SMILES string of the molecule is COc1cc(OC)c2c(N3CCOC[C@H]3C)nc(-c3cc(C)c(OCC(=O)NO)c(C)c3)nc2c1. The number of hydroxylamine groups is 1. The van der Waals surface area contributed by atoms with Crippen molar-refractivity contribution in [2.45, 2.75) is 26.8 Å². The van der Waals surface area contributed by atoms with Crippen LogP contribution in [0.3, 0.4) is 0 Å². The molecule has 1 atom stereocenters. The highest BCUT2D eigenvalue weighted by molar-refractivity contribution is 5.97. The largest absolute Gasteiger partial charge is 0.497 e. The minimum Gasteiger partial charge on any atom is -0.497 e. The van der Waals surface area contributed by atoms with E-state index in [1.165, 1.54) is 0 Å². The molecular weight excluding hydrogens is 452 g/mol. The van der Waals surface area contributed by atoms with Crippen molar-refractivity contribution in [3.63, 3.8) is 0 Å². The van der Waals surface area contributed by atoms with Crippen molar-refractivity contribution >= 4 is 22.6 Å². The van der Waals surface area contributed by atoms with Gasteiger partial charge in [0.25, 0.3) is 5.91 Å². The molecule has 0 spiro atoms. The molecule has 0 saturated carbocycles. The van der Waals surface area contributed by atoms with E-state index in [0.29, 0.717) is 48.3 Å². The Morgan fingerprint density at radius 1 is 1.17 bits per heavy atom. The van der Waals surface area contributed by atoms with Gasteiger partial charge in [-0.25, -0.2) is 15.4 Å². The zero-order valence-electron chi connectivity index (χ0n) is 20.5. The standard InChI is InChI=1S/C25H30N4O6/c1-14-8-17(9-15(2)23(14)35-13-21(30)28-31)24-26-19-10-18(32-4)11-20(33-5)22(19)25(27-24)29-6-7-34-12-16(29)3/h8-11,16,31H,6-7,12-13H2,1-5H3,(H,28,30)/t16-/m1/s1. The van der Waals surface area contributed by atoms with Gasteiger partial charge in [0.05, 0.1) is 44.4 Å². The van der Waals surface area contributed by atoms with Crippen LogP contribution in [-0.4, -0.2) is 67.7 Å². The van der Waals surface area contributed by atoms with Gasteiger partial charge in [-0.1, -0.05) is 0 Å². The molecule has 2 heterocycles. The summed E-state index contributed by atoms with van der Waals surface area (Å²) in [5, 5.41) is 9.55. The van der Waals surface area contributed by atoms with Crippen LogP contribution in [0, 0.1) is 13.8 Å². The number of fused-ring (bicyclic) bond motifs is 1. The highest BCUT2D eigenvalue weighted by Gasteiger charge is 2.26. The number of rotatable bonds is 7. The Hall–Kier alpha value is -3.63. The number of nitrogens with zero attached hydrogens (tertiary/aromatic N) is 3. The lowest BCUT2D eigenvalue weighted by Gasteiger charge is -2.35. The quantitative estimate of drug-likeness (QED) is 0.387. The summed E-state index contributed by atoms with van der Waals surface area (Å²) in [7, 11) is 3.23. The minimum atomic E-state index is -0.627. The third-order valence-corrected chi connectivity index (χ3v) is 6.00. The maximum absolute atomic E-state index is 11.4. The van der Waals surface area contributed by atoms with Crippen LogP contribution < -0.4 is 24.6 Å². The zero-order valence-corrected chi connectivity index (χ0v) is 20.5. The van der Waals surface area contributed by atoms with Gasteiger partial charge < -0.3 is 23.8 Å². The van der Waals surface area contributed by atoms with Crippen molar-refractivity contribution in [3.05, 3.63) is 35.4 Å². The smallest absolute Gasteiger partial charge is 0.281 e. The van der Waals surface area contributed by atoms with Crippen molar-refractivity contribution in [3.8, 4) is 28.6 Å². The molecule has 35 heavy (non-hydrogen) atoms. The number of morpholine rings is 1. The van der Waals surface area contributed by atoms with Gasteiger partial charge >= 0.3 is 0 Å². The maximum atomic E-state index is 11.4. The molecule has 1 amide bonds. The van der Waals surface area contributed by atoms with Crippen molar-refractivity contribution in [1.29, 1.82) is 0 Å². The number of carbonyl (C=O) groups is 1. The Morgan fingerprint density at radius 2 is 1.91 bits per heavy atom. The fraction of sp³-hybridized carbons (Fsp3) is 0.400. The maximum Gasteiger partial charge on any atom is 0.281 e. The molecule has 0 unspecified atom stereocenters. The summed E-state index contributed by atoms with van der Waals surface area (Å²) < 4.78 is 22.5. The van der Waals surface area contributed by atoms with Crippen molar-refractivity contribution < 1.29 is 28.9 Å². The highest BCUT2D eigenvalue weighted by Crippen LogP contribution is 2.39. The number of nitrogens with one attached hydrogen (secondary N) is 1. The lowest BCUT2D eigenvalue weighted by molar-refractivity contribution is -0.131. The van der Waals surface area contributed by atoms with Gasteiger partial charge in [0.1, 0.15) is 23.1 Å². The first kappa shape index (κ1) is 24.5. The molecule has 2 N–H and O–H groups in total. The van der Waals surface area contributed by atoms with Crippen LogP contribution >= 0.6 is 0 Å². The van der Waals surface area contributed by atoms with E-state index < -0.39 is 5.91 Å². The van der Waals surface area contributed by atoms with Crippen LogP contribution in [0.25, 0.3) is 22.3 Å². The number of ether oxygens (including phenoxy) is 4. The summed E-state index contributed by atoms with van der Waals surface area (Å²) >= 11 is 0. The van der Waals surface area contributed by atoms with Crippen LogP contribution in [0.5, 0.6) is 17.2 Å². The summed E-state index contributed by atoms with van der Waals surface area (Å²) in [6.45, 7) is 7.50. The molecule has 0 radical (unpaired) electrons. The van der Waals surface area contributed by atoms with Crippen LogP contribution in [0.1, 0.15) is 18.1 Å². The number of benzene rings is 2. The Morgan fingerprint density at radius 3 is 2.54 bits per heavy atom. The Kier molecular flexibility index (Phi) is 7.23. The number of aromatic nitrogens is 2. The van der Waals surface area contributed by atoms with Gasteiger partial charge in [-0.05, 0) is 44.0 Å². The molecule has 1 aliphatic rings. The van der Waals surface area contributed by atoms with Crippen molar-refractivity contribution in [2.24, 2.45) is 0 Å². The molecule has 3 aromatic rings. The topological polar surface area (TPSA) is 115 Å². The molecule has 1 aliphatic heterocycles. The molecule has 1 fully saturated rings. The van der Waals surface area contributed by atoms with E-state index in [4.69, 9.17) is 34.1 Å². The Balaban J connectivity index is 1.87. The van der Waals surface area contributed by atoms with E-state index in [9.17, 15) is 4.79 Å². The molecule has 1 saturated heterocycles. The van der Waals surface area contributed by atoms with Gasteiger partial charge in [0.15, 0.2) is 12.4 Å². The summed E-state index contributed by atoms with van der Waals surface area (Å²) in [6, 6.07) is 7.68. The van der Waals surface area contributed by atoms with E-state index >= 15 is 0 Å². The molecule has 10 nitrogen and oxygen atoms in total. The molecule has 10 heteroatoms. The summed E-state index contributed by atoms with van der Waals surface area (Å²) in [6.07, 6.45) is 0. The zero-order chi connectivity index (χ0) is 25.1. The van der Waals surface area contributed by atoms with Gasteiger partial charge in [-0.3, -0.25) is 10.0 Å². The normalized spacial score (nSPS) is 15.7. The second-order valence-electron chi connectivity index (χ2n) is 8.47. The van der Waals surface area contributed by atoms with E-state index in [0.717, 1.165) is 27.9 Å². The van der Waals surface area contributed by atoms with Gasteiger partial charge in [0, 0.05) is 24.2 Å². The first-order valence-electron chi connectivity index (χ1n) is 11.3. The fourth-order valence-electron chi connectivity index (χ4n) is 4.32. The number of methoxy groups -OCH3 is 2. The van der Waals surface area contributed by atoms with E-state index in [1.54, 1.807) is 19.7 Å². The third-order valence-electron chi connectivity index (χ3n) is 6.00. The van der Waals surface area contributed by atoms with Crippen LogP contribution in [0.2, 0.25) is 0 Å². The van der Waals surface area contributed by atoms with Crippen molar-refractivity contribution in [1.82, 2.24) is 15.4 Å². The summed E-state index contributed by atoms with van der Waals surface area (Å²) in [5.41, 5.74) is 4.72. The average Bonchev–Trinajstić information content (AvgIpc) is 2.86. The van der Waals surface area contributed by atoms with Gasteiger partial charge in [-0.2, -0.15) is 0 Å². The van der Waals surface area contributed by atoms with Crippen LogP contribution in [0.15, 0.2) is 24.3 Å². The van der Waals surface area contributed by atoms with Crippen LogP contribution in [0.4, 0.5) is 5.82 Å². The predicted octanol–water partition coefficient (Wildman–Crippen LogP) is 3.04. The van der Waals surface area contributed by atoms with Gasteiger partial charge in [-0.15, -0.1) is 0 Å². The predicted molar refractivity (Wildman–Crippen MR) is 131 cm³/mol. The molecule has 0 bridgehead atoms. The second-order valence-corrected chi connectivity index (χ2v) is 8.47. The Bertz CT molecular complexity index is 1230. The Labute approximate surface area is 203 Å². The fourth-order valence-corrected chi connectivity index (χ4v) is 4.32. The molecule has 186 valence electrons. The van der Waals surface area contributed by atoms with Gasteiger partial charge in [0.2, 0.25) is 0 Å². The number of hydrogen-bond acceptors (Lipinski definition) is 9. The molecular formula is C25H30N4O6. The third kappa shape index (κ3) is 4.94. The van der Waals surface area contributed by atoms with E-state index in [2.05, 4.69) is 11.8 Å². The molecule has 1 aromatic heterocycles.